The molecule has 1 aliphatic carbocycles. The number of hydrogen-bond donors (Lipinski definition) is 1. The Bertz CT molecular complexity index is 612. The van der Waals surface area contributed by atoms with Gasteiger partial charge in [0.2, 0.25) is 0 Å². The SMILES string of the molecule is N[C@@H]1CCCc2ccc(OCc3cccc(F)c3)cc21. The second-order valence-corrected chi connectivity index (χ2v) is 5.28. The van der Waals surface area contributed by atoms with E-state index in [9.17, 15) is 4.39 Å². The van der Waals surface area contributed by atoms with Crippen LogP contribution in [0.5, 0.6) is 5.75 Å². The molecule has 0 spiro atoms. The molecule has 0 fully saturated rings. The van der Waals surface area contributed by atoms with E-state index in [1.807, 2.05) is 18.2 Å². The molecule has 0 radical (unpaired) electrons. The fourth-order valence-electron chi connectivity index (χ4n) is 2.70. The molecule has 0 bridgehead atoms. The van der Waals surface area contributed by atoms with Gasteiger partial charge in [0.1, 0.15) is 18.2 Å². The first-order valence-corrected chi connectivity index (χ1v) is 6.98. The zero-order valence-corrected chi connectivity index (χ0v) is 11.3. The lowest BCUT2D eigenvalue weighted by atomic mass is 9.88. The Balaban J connectivity index is 1.73. The van der Waals surface area contributed by atoms with Gasteiger partial charge in [0, 0.05) is 6.04 Å². The molecule has 1 aliphatic rings. The molecule has 0 aromatic heterocycles. The van der Waals surface area contributed by atoms with E-state index in [0.29, 0.717) is 6.61 Å². The van der Waals surface area contributed by atoms with Gasteiger partial charge in [-0.25, -0.2) is 4.39 Å². The van der Waals surface area contributed by atoms with E-state index < -0.39 is 0 Å². The number of benzene rings is 2. The number of hydrogen-bond acceptors (Lipinski definition) is 2. The van der Waals surface area contributed by atoms with Gasteiger partial charge >= 0.3 is 0 Å². The van der Waals surface area contributed by atoms with Gasteiger partial charge in [-0.2, -0.15) is 0 Å². The summed E-state index contributed by atoms with van der Waals surface area (Å²) in [6.45, 7) is 0.367. The largest absolute Gasteiger partial charge is 0.489 e. The van der Waals surface area contributed by atoms with E-state index >= 15 is 0 Å². The summed E-state index contributed by atoms with van der Waals surface area (Å²) in [6, 6.07) is 12.7. The molecule has 0 unspecified atom stereocenters. The van der Waals surface area contributed by atoms with Crippen molar-refractivity contribution in [2.45, 2.75) is 31.9 Å². The minimum absolute atomic E-state index is 0.108. The van der Waals surface area contributed by atoms with Gasteiger partial charge in [0.25, 0.3) is 0 Å². The first kappa shape index (κ1) is 13.1. The summed E-state index contributed by atoms with van der Waals surface area (Å²) in [6.07, 6.45) is 3.27. The Morgan fingerprint density at radius 3 is 2.95 bits per heavy atom. The average Bonchev–Trinajstić information content (AvgIpc) is 2.46. The first-order valence-electron chi connectivity index (χ1n) is 6.98. The van der Waals surface area contributed by atoms with Crippen molar-refractivity contribution in [3.63, 3.8) is 0 Å². The molecule has 0 saturated carbocycles. The van der Waals surface area contributed by atoms with Crippen molar-refractivity contribution in [2.75, 3.05) is 0 Å². The average molecular weight is 271 g/mol. The van der Waals surface area contributed by atoms with Crippen LogP contribution in [0.3, 0.4) is 0 Å². The molecule has 104 valence electrons. The number of aryl methyl sites for hydroxylation is 1. The van der Waals surface area contributed by atoms with Crippen LogP contribution in [0.2, 0.25) is 0 Å². The van der Waals surface area contributed by atoms with Crippen LogP contribution in [0.15, 0.2) is 42.5 Å². The van der Waals surface area contributed by atoms with E-state index in [0.717, 1.165) is 30.6 Å². The highest BCUT2D eigenvalue weighted by Gasteiger charge is 2.17. The van der Waals surface area contributed by atoms with Crippen LogP contribution in [-0.4, -0.2) is 0 Å². The predicted octanol–water partition coefficient (Wildman–Crippen LogP) is 3.74. The van der Waals surface area contributed by atoms with Crippen molar-refractivity contribution in [3.8, 4) is 5.75 Å². The Labute approximate surface area is 118 Å². The number of fused-ring (bicyclic) bond motifs is 1. The summed E-state index contributed by atoms with van der Waals surface area (Å²) < 4.78 is 18.8. The van der Waals surface area contributed by atoms with Gasteiger partial charge in [-0.3, -0.25) is 0 Å². The van der Waals surface area contributed by atoms with Gasteiger partial charge in [-0.15, -0.1) is 0 Å². The van der Waals surface area contributed by atoms with Gasteiger partial charge in [-0.05, 0) is 60.2 Å². The second kappa shape index (κ2) is 5.63. The Kier molecular flexibility index (Phi) is 3.70. The molecule has 3 rings (SSSR count). The van der Waals surface area contributed by atoms with Crippen molar-refractivity contribution in [3.05, 3.63) is 65.0 Å². The molecular weight excluding hydrogens is 253 g/mol. The van der Waals surface area contributed by atoms with Crippen molar-refractivity contribution < 1.29 is 9.13 Å². The molecular formula is C17H18FNO. The van der Waals surface area contributed by atoms with Crippen molar-refractivity contribution >= 4 is 0 Å². The smallest absolute Gasteiger partial charge is 0.123 e. The fourth-order valence-corrected chi connectivity index (χ4v) is 2.70. The first-order chi connectivity index (χ1) is 9.72. The van der Waals surface area contributed by atoms with E-state index in [4.69, 9.17) is 10.5 Å². The summed E-state index contributed by atoms with van der Waals surface area (Å²) in [7, 11) is 0. The van der Waals surface area contributed by atoms with Gasteiger partial charge in [0.15, 0.2) is 0 Å². The summed E-state index contributed by atoms with van der Waals surface area (Å²) in [5.41, 5.74) is 9.47. The molecule has 2 nitrogen and oxygen atoms in total. The topological polar surface area (TPSA) is 35.2 Å². The lowest BCUT2D eigenvalue weighted by Crippen LogP contribution is -2.17. The molecule has 3 heteroatoms. The zero-order valence-electron chi connectivity index (χ0n) is 11.3. The van der Waals surface area contributed by atoms with Gasteiger partial charge in [0.05, 0.1) is 0 Å². The predicted molar refractivity (Wildman–Crippen MR) is 77.0 cm³/mol. The molecule has 2 aromatic rings. The molecule has 0 aliphatic heterocycles. The molecule has 2 N–H and O–H groups in total. The number of nitrogens with two attached hydrogens (primary N) is 1. The lowest BCUT2D eigenvalue weighted by Gasteiger charge is -2.22. The van der Waals surface area contributed by atoms with E-state index in [-0.39, 0.29) is 11.9 Å². The van der Waals surface area contributed by atoms with E-state index in [1.165, 1.54) is 23.3 Å². The normalized spacial score (nSPS) is 17.6. The van der Waals surface area contributed by atoms with Crippen LogP contribution in [0.1, 0.15) is 35.6 Å². The highest BCUT2D eigenvalue weighted by Crippen LogP contribution is 2.31. The third kappa shape index (κ3) is 2.83. The van der Waals surface area contributed by atoms with Gasteiger partial charge in [-0.1, -0.05) is 18.2 Å². The van der Waals surface area contributed by atoms with Gasteiger partial charge < -0.3 is 10.5 Å². The maximum absolute atomic E-state index is 13.1. The number of rotatable bonds is 3. The summed E-state index contributed by atoms with van der Waals surface area (Å²) in [4.78, 5) is 0. The fraction of sp³-hybridized carbons (Fsp3) is 0.294. The second-order valence-electron chi connectivity index (χ2n) is 5.28. The third-order valence-corrected chi connectivity index (χ3v) is 3.77. The monoisotopic (exact) mass is 271 g/mol. The van der Waals surface area contributed by atoms with Crippen LogP contribution >= 0.6 is 0 Å². The van der Waals surface area contributed by atoms with Crippen LogP contribution in [0.4, 0.5) is 4.39 Å². The Morgan fingerprint density at radius 2 is 2.10 bits per heavy atom. The van der Waals surface area contributed by atoms with Crippen LogP contribution in [0, 0.1) is 5.82 Å². The van der Waals surface area contributed by atoms with E-state index in [2.05, 4.69) is 6.07 Å². The maximum atomic E-state index is 13.1. The third-order valence-electron chi connectivity index (χ3n) is 3.77. The highest BCUT2D eigenvalue weighted by atomic mass is 19.1. The Hall–Kier alpha value is -1.87. The standard InChI is InChI=1S/C17H18FNO/c18-14-5-1-3-12(9-14)11-20-15-8-7-13-4-2-6-17(19)16(13)10-15/h1,3,5,7-10,17H,2,4,6,11,19H2/t17-/m1/s1. The van der Waals surface area contributed by atoms with Crippen LogP contribution in [-0.2, 0) is 13.0 Å². The van der Waals surface area contributed by atoms with E-state index in [1.54, 1.807) is 6.07 Å². The summed E-state index contributed by atoms with van der Waals surface area (Å²) in [5, 5.41) is 0. The summed E-state index contributed by atoms with van der Waals surface area (Å²) >= 11 is 0. The number of halogens is 1. The lowest BCUT2D eigenvalue weighted by molar-refractivity contribution is 0.304. The van der Waals surface area contributed by atoms with Crippen molar-refractivity contribution in [1.29, 1.82) is 0 Å². The summed E-state index contributed by atoms with van der Waals surface area (Å²) in [5.74, 6) is 0.559. The Morgan fingerprint density at radius 1 is 1.20 bits per heavy atom. The van der Waals surface area contributed by atoms with Crippen molar-refractivity contribution in [2.24, 2.45) is 5.73 Å². The zero-order chi connectivity index (χ0) is 13.9. The minimum Gasteiger partial charge on any atom is -0.489 e. The molecule has 2 aromatic carbocycles. The minimum atomic E-state index is -0.237. The highest BCUT2D eigenvalue weighted by molar-refractivity contribution is 5.39. The molecule has 20 heavy (non-hydrogen) atoms. The van der Waals surface area contributed by atoms with Crippen LogP contribution in [0.25, 0.3) is 0 Å². The quantitative estimate of drug-likeness (QED) is 0.923. The molecule has 0 amide bonds. The molecule has 1 atom stereocenters. The maximum Gasteiger partial charge on any atom is 0.123 e. The van der Waals surface area contributed by atoms with Crippen molar-refractivity contribution in [1.82, 2.24) is 0 Å². The van der Waals surface area contributed by atoms with Crippen LogP contribution < -0.4 is 10.5 Å². The number of ether oxygens (including phenoxy) is 1. The molecule has 0 heterocycles. The molecule has 0 saturated heterocycles.